The molecule has 0 radical (unpaired) electrons. The first-order chi connectivity index (χ1) is 8.94. The minimum absolute atomic E-state index is 0.0165. The number of carbonyl (C=O) groups is 1. The molecular weight excluding hydrogens is 278 g/mol. The summed E-state index contributed by atoms with van der Waals surface area (Å²) in [6.45, 7) is 4.80. The predicted octanol–water partition coefficient (Wildman–Crippen LogP) is 2.75. The number of hydrogen-bond acceptors (Lipinski definition) is 5. The van der Waals surface area contributed by atoms with Crippen molar-refractivity contribution in [1.82, 2.24) is 10.3 Å². The Morgan fingerprint density at radius 3 is 2.95 bits per heavy atom. The normalized spacial score (nSPS) is 11.7. The fraction of sp³-hybridized carbons (Fsp3) is 0.385. The van der Waals surface area contributed by atoms with Crippen LogP contribution in [0.5, 0.6) is 0 Å². The predicted molar refractivity (Wildman–Crippen MR) is 84.0 cm³/mol. The van der Waals surface area contributed by atoms with E-state index in [0.29, 0.717) is 17.1 Å². The van der Waals surface area contributed by atoms with E-state index >= 15 is 0 Å². The first-order valence-corrected chi connectivity index (χ1v) is 7.94. The van der Waals surface area contributed by atoms with Crippen LogP contribution < -0.4 is 11.1 Å². The average molecular weight is 295 g/mol. The van der Waals surface area contributed by atoms with Crippen molar-refractivity contribution in [2.24, 2.45) is 0 Å². The van der Waals surface area contributed by atoms with Gasteiger partial charge in [0.15, 0.2) is 0 Å². The van der Waals surface area contributed by atoms with Crippen LogP contribution in [0.4, 0.5) is 5.69 Å². The highest BCUT2D eigenvalue weighted by molar-refractivity contribution is 7.99. The van der Waals surface area contributed by atoms with E-state index in [1.807, 2.05) is 12.3 Å². The molecule has 1 amide bonds. The van der Waals surface area contributed by atoms with E-state index < -0.39 is 0 Å². The van der Waals surface area contributed by atoms with Gasteiger partial charge in [-0.1, -0.05) is 0 Å². The molecule has 0 bridgehead atoms. The van der Waals surface area contributed by atoms with Crippen molar-refractivity contribution in [3.63, 3.8) is 0 Å². The number of hydrogen-bond donors (Lipinski definition) is 2. The lowest BCUT2D eigenvalue weighted by Crippen LogP contribution is -2.35. The van der Waals surface area contributed by atoms with Gasteiger partial charge >= 0.3 is 0 Å². The third-order valence-electron chi connectivity index (χ3n) is 2.96. The van der Waals surface area contributed by atoms with E-state index in [2.05, 4.69) is 24.1 Å². The lowest BCUT2D eigenvalue weighted by molar-refractivity contribution is 0.0955. The molecule has 6 heteroatoms. The minimum atomic E-state index is -0.110. The number of anilines is 1. The van der Waals surface area contributed by atoms with Crippen molar-refractivity contribution in [3.8, 4) is 0 Å². The number of amides is 1. The molecule has 0 atom stereocenters. The maximum atomic E-state index is 12.2. The number of carbonyl (C=O) groups excluding carboxylic acids is 1. The van der Waals surface area contributed by atoms with E-state index in [9.17, 15) is 4.79 Å². The molecule has 0 aromatic carbocycles. The Kier molecular flexibility index (Phi) is 4.01. The van der Waals surface area contributed by atoms with Gasteiger partial charge in [-0.3, -0.25) is 9.78 Å². The molecule has 4 nitrogen and oxygen atoms in total. The molecule has 2 rings (SSSR count). The Hall–Kier alpha value is -1.27. The van der Waals surface area contributed by atoms with E-state index in [-0.39, 0.29) is 10.7 Å². The van der Waals surface area contributed by atoms with Gasteiger partial charge in [0.2, 0.25) is 0 Å². The molecule has 2 aromatic heterocycles. The fourth-order valence-electron chi connectivity index (χ4n) is 1.59. The molecule has 0 aliphatic carbocycles. The zero-order valence-corrected chi connectivity index (χ0v) is 12.8. The number of nitrogen functional groups attached to an aromatic ring is 1. The molecule has 0 saturated carbocycles. The molecule has 3 N–H and O–H groups in total. The van der Waals surface area contributed by atoms with Gasteiger partial charge in [0.1, 0.15) is 4.88 Å². The van der Waals surface area contributed by atoms with Crippen molar-refractivity contribution in [3.05, 3.63) is 23.3 Å². The van der Waals surface area contributed by atoms with Crippen LogP contribution in [0.25, 0.3) is 10.1 Å². The van der Waals surface area contributed by atoms with Crippen LogP contribution in [0.1, 0.15) is 23.5 Å². The number of thioether (sulfide) groups is 1. The molecule has 0 aliphatic heterocycles. The largest absolute Gasteiger partial charge is 0.397 e. The van der Waals surface area contributed by atoms with E-state index in [4.69, 9.17) is 5.73 Å². The van der Waals surface area contributed by atoms with E-state index in [0.717, 1.165) is 10.1 Å². The Balaban J connectivity index is 2.20. The Labute approximate surface area is 120 Å². The Bertz CT molecular complexity index is 607. The topological polar surface area (TPSA) is 68.0 Å². The van der Waals surface area contributed by atoms with Crippen molar-refractivity contribution in [2.75, 3.05) is 18.5 Å². The van der Waals surface area contributed by atoms with Crippen molar-refractivity contribution >= 4 is 44.8 Å². The summed E-state index contributed by atoms with van der Waals surface area (Å²) in [5.74, 6) is -0.110. The van der Waals surface area contributed by atoms with Crippen molar-refractivity contribution in [1.29, 1.82) is 0 Å². The minimum Gasteiger partial charge on any atom is -0.397 e. The first kappa shape index (κ1) is 14.1. The summed E-state index contributed by atoms with van der Waals surface area (Å²) in [6, 6.07) is 1.84. The molecule has 0 saturated heterocycles. The van der Waals surface area contributed by atoms with Crippen LogP contribution in [0.15, 0.2) is 18.5 Å². The molecular formula is C13H17N3OS2. The van der Waals surface area contributed by atoms with Crippen LogP contribution in [-0.2, 0) is 0 Å². The standard InChI is InChI=1S/C13H17N3OS2/c1-13(2,18-3)7-16-12(17)11-10(14)8-4-5-15-6-9(8)19-11/h4-6H,7,14H2,1-3H3,(H,16,17). The highest BCUT2D eigenvalue weighted by Crippen LogP contribution is 2.32. The molecule has 2 heterocycles. The maximum Gasteiger partial charge on any atom is 0.263 e. The summed E-state index contributed by atoms with van der Waals surface area (Å²) in [5.41, 5.74) is 6.57. The molecule has 0 spiro atoms. The monoisotopic (exact) mass is 295 g/mol. The first-order valence-electron chi connectivity index (χ1n) is 5.90. The molecule has 19 heavy (non-hydrogen) atoms. The number of nitrogens with zero attached hydrogens (tertiary/aromatic N) is 1. The SMILES string of the molecule is CSC(C)(C)CNC(=O)c1sc2cnccc2c1N. The van der Waals surface area contributed by atoms with Gasteiger partial charge in [0, 0.05) is 29.1 Å². The third-order valence-corrected chi connectivity index (χ3v) is 5.37. The van der Waals surface area contributed by atoms with Crippen LogP contribution in [0.3, 0.4) is 0 Å². The molecule has 102 valence electrons. The number of nitrogens with two attached hydrogens (primary N) is 1. The molecule has 0 aliphatic rings. The Morgan fingerprint density at radius 2 is 2.32 bits per heavy atom. The van der Waals surface area contributed by atoms with E-state index in [1.54, 1.807) is 24.2 Å². The number of nitrogens with one attached hydrogen (secondary N) is 1. The second-order valence-electron chi connectivity index (χ2n) is 4.86. The van der Waals surface area contributed by atoms with E-state index in [1.165, 1.54) is 11.3 Å². The number of thiophene rings is 1. The second kappa shape index (κ2) is 5.38. The number of fused-ring (bicyclic) bond motifs is 1. The van der Waals surface area contributed by atoms with Gasteiger partial charge in [0.25, 0.3) is 5.91 Å². The zero-order chi connectivity index (χ0) is 14.0. The average Bonchev–Trinajstić information content (AvgIpc) is 2.74. The maximum absolute atomic E-state index is 12.2. The Morgan fingerprint density at radius 1 is 1.58 bits per heavy atom. The van der Waals surface area contributed by atoms with Gasteiger partial charge in [-0.2, -0.15) is 11.8 Å². The van der Waals surface area contributed by atoms with Gasteiger partial charge in [-0.25, -0.2) is 0 Å². The highest BCUT2D eigenvalue weighted by Gasteiger charge is 2.20. The van der Waals surface area contributed by atoms with Crippen LogP contribution in [-0.4, -0.2) is 28.4 Å². The summed E-state index contributed by atoms with van der Waals surface area (Å²) in [7, 11) is 0. The second-order valence-corrected chi connectivity index (χ2v) is 7.43. The quantitative estimate of drug-likeness (QED) is 0.910. The van der Waals surface area contributed by atoms with Gasteiger partial charge in [-0.15, -0.1) is 11.3 Å². The van der Waals surface area contributed by atoms with Crippen LogP contribution >= 0.6 is 23.1 Å². The highest BCUT2D eigenvalue weighted by atomic mass is 32.2. The molecule has 0 unspecified atom stereocenters. The summed E-state index contributed by atoms with van der Waals surface area (Å²) in [5, 5.41) is 3.84. The zero-order valence-electron chi connectivity index (χ0n) is 11.2. The number of rotatable bonds is 4. The van der Waals surface area contributed by atoms with Gasteiger partial charge < -0.3 is 11.1 Å². The number of aromatic nitrogens is 1. The molecule has 0 fully saturated rings. The van der Waals surface area contributed by atoms with Crippen molar-refractivity contribution < 1.29 is 4.79 Å². The lowest BCUT2D eigenvalue weighted by atomic mass is 10.2. The summed E-state index contributed by atoms with van der Waals surface area (Å²) in [6.07, 6.45) is 5.45. The summed E-state index contributed by atoms with van der Waals surface area (Å²) < 4.78 is 0.956. The lowest BCUT2D eigenvalue weighted by Gasteiger charge is -2.22. The smallest absolute Gasteiger partial charge is 0.263 e. The van der Waals surface area contributed by atoms with Gasteiger partial charge in [0.05, 0.1) is 10.4 Å². The third kappa shape index (κ3) is 3.01. The fourth-order valence-corrected chi connectivity index (χ4v) is 2.81. The van der Waals surface area contributed by atoms with Crippen LogP contribution in [0, 0.1) is 0 Å². The summed E-state index contributed by atoms with van der Waals surface area (Å²) >= 11 is 3.10. The van der Waals surface area contributed by atoms with Crippen LogP contribution in [0.2, 0.25) is 0 Å². The van der Waals surface area contributed by atoms with Gasteiger partial charge in [-0.05, 0) is 26.2 Å². The molecule has 2 aromatic rings. The van der Waals surface area contributed by atoms with Crippen molar-refractivity contribution in [2.45, 2.75) is 18.6 Å². The number of pyridine rings is 1. The summed E-state index contributed by atoms with van der Waals surface area (Å²) in [4.78, 5) is 16.8.